The van der Waals surface area contributed by atoms with Gasteiger partial charge in [-0.05, 0) is 30.7 Å². The average molecular weight is 234 g/mol. The van der Waals surface area contributed by atoms with Gasteiger partial charge in [0.2, 0.25) is 5.91 Å². The zero-order chi connectivity index (χ0) is 12.7. The summed E-state index contributed by atoms with van der Waals surface area (Å²) in [6.07, 6.45) is 3.22. The van der Waals surface area contributed by atoms with Gasteiger partial charge in [0.05, 0.1) is 7.11 Å². The Kier molecular flexibility index (Phi) is 5.23. The van der Waals surface area contributed by atoms with Crippen LogP contribution >= 0.6 is 0 Å². The van der Waals surface area contributed by atoms with Crippen molar-refractivity contribution in [3.8, 4) is 5.75 Å². The Labute approximate surface area is 101 Å². The molecule has 0 aliphatic heterocycles. The normalized spacial score (nSPS) is 12.4. The lowest BCUT2D eigenvalue weighted by atomic mass is 10.2. The topological polar surface area (TPSA) is 64.3 Å². The number of nitrogens with two attached hydrogens (primary N) is 1. The number of ether oxygens (including phenoxy) is 1. The summed E-state index contributed by atoms with van der Waals surface area (Å²) in [5.41, 5.74) is 6.45. The fourth-order valence-electron chi connectivity index (χ4n) is 1.24. The second-order valence-electron chi connectivity index (χ2n) is 3.83. The first-order valence-corrected chi connectivity index (χ1v) is 5.47. The Bertz CT molecular complexity index is 400. The van der Waals surface area contributed by atoms with E-state index in [1.165, 1.54) is 6.08 Å². The van der Waals surface area contributed by atoms with E-state index in [4.69, 9.17) is 10.5 Å². The summed E-state index contributed by atoms with van der Waals surface area (Å²) < 4.78 is 5.09. The van der Waals surface area contributed by atoms with Crippen LogP contribution in [0.4, 0.5) is 0 Å². The molecule has 0 heterocycles. The van der Waals surface area contributed by atoms with Gasteiger partial charge >= 0.3 is 0 Å². The van der Waals surface area contributed by atoms with Gasteiger partial charge in [0, 0.05) is 18.7 Å². The molecule has 0 bridgehead atoms. The summed E-state index contributed by atoms with van der Waals surface area (Å²) >= 11 is 0. The molecule has 0 aromatic heterocycles. The number of hydrogen-bond acceptors (Lipinski definition) is 3. The first-order valence-electron chi connectivity index (χ1n) is 5.47. The van der Waals surface area contributed by atoms with Gasteiger partial charge in [-0.2, -0.15) is 0 Å². The van der Waals surface area contributed by atoms with E-state index < -0.39 is 0 Å². The monoisotopic (exact) mass is 234 g/mol. The predicted molar refractivity (Wildman–Crippen MR) is 68.7 cm³/mol. The minimum Gasteiger partial charge on any atom is -0.497 e. The molecule has 1 amide bonds. The van der Waals surface area contributed by atoms with Crippen LogP contribution in [-0.2, 0) is 4.79 Å². The molecule has 1 aromatic rings. The Balaban J connectivity index is 2.54. The van der Waals surface area contributed by atoms with Gasteiger partial charge in [-0.25, -0.2) is 0 Å². The molecule has 0 saturated carbocycles. The van der Waals surface area contributed by atoms with E-state index >= 15 is 0 Å². The highest BCUT2D eigenvalue weighted by Gasteiger charge is 1.97. The minimum absolute atomic E-state index is 0.0378. The Morgan fingerprint density at radius 1 is 1.59 bits per heavy atom. The number of hydrogen-bond donors (Lipinski definition) is 2. The lowest BCUT2D eigenvalue weighted by Crippen LogP contribution is -2.34. The molecule has 0 aliphatic rings. The van der Waals surface area contributed by atoms with Crippen molar-refractivity contribution in [3.05, 3.63) is 35.9 Å². The number of nitrogens with one attached hydrogen (secondary N) is 1. The summed E-state index contributed by atoms with van der Waals surface area (Å²) in [6.45, 7) is 2.31. The van der Waals surface area contributed by atoms with Crippen molar-refractivity contribution in [3.63, 3.8) is 0 Å². The van der Waals surface area contributed by atoms with Gasteiger partial charge in [-0.1, -0.05) is 12.1 Å². The fraction of sp³-hybridized carbons (Fsp3) is 0.308. The molecule has 1 aromatic carbocycles. The summed E-state index contributed by atoms with van der Waals surface area (Å²) in [6, 6.07) is 7.45. The van der Waals surface area contributed by atoms with Gasteiger partial charge in [0.15, 0.2) is 0 Å². The zero-order valence-corrected chi connectivity index (χ0v) is 10.1. The van der Waals surface area contributed by atoms with Crippen molar-refractivity contribution in [2.24, 2.45) is 5.73 Å². The van der Waals surface area contributed by atoms with Gasteiger partial charge in [-0.3, -0.25) is 4.79 Å². The first kappa shape index (κ1) is 13.3. The van der Waals surface area contributed by atoms with Crippen molar-refractivity contribution < 1.29 is 9.53 Å². The summed E-state index contributed by atoms with van der Waals surface area (Å²) in [5.74, 6) is 0.619. The Morgan fingerprint density at radius 2 is 2.35 bits per heavy atom. The number of amides is 1. The van der Waals surface area contributed by atoms with E-state index in [2.05, 4.69) is 5.32 Å². The molecule has 4 nitrogen and oxygen atoms in total. The molecular weight excluding hydrogens is 216 g/mol. The maximum Gasteiger partial charge on any atom is 0.244 e. The van der Waals surface area contributed by atoms with Crippen molar-refractivity contribution in [2.45, 2.75) is 13.0 Å². The molecule has 0 radical (unpaired) electrons. The van der Waals surface area contributed by atoms with Crippen molar-refractivity contribution in [2.75, 3.05) is 13.7 Å². The largest absolute Gasteiger partial charge is 0.497 e. The lowest BCUT2D eigenvalue weighted by molar-refractivity contribution is -0.116. The smallest absolute Gasteiger partial charge is 0.244 e. The van der Waals surface area contributed by atoms with Crippen LogP contribution in [0.15, 0.2) is 30.3 Å². The van der Waals surface area contributed by atoms with E-state index in [0.717, 1.165) is 11.3 Å². The number of methoxy groups -OCH3 is 1. The van der Waals surface area contributed by atoms with E-state index in [9.17, 15) is 4.79 Å². The molecule has 0 saturated heterocycles. The van der Waals surface area contributed by atoms with Crippen LogP contribution in [0.2, 0.25) is 0 Å². The van der Waals surface area contributed by atoms with Gasteiger partial charge < -0.3 is 15.8 Å². The maximum absolute atomic E-state index is 11.4. The highest BCUT2D eigenvalue weighted by Crippen LogP contribution is 2.13. The van der Waals surface area contributed by atoms with E-state index in [-0.39, 0.29) is 11.9 Å². The van der Waals surface area contributed by atoms with Crippen molar-refractivity contribution >= 4 is 12.0 Å². The van der Waals surface area contributed by atoms with Crippen LogP contribution in [0.3, 0.4) is 0 Å². The van der Waals surface area contributed by atoms with Crippen molar-refractivity contribution in [1.82, 2.24) is 5.32 Å². The summed E-state index contributed by atoms with van der Waals surface area (Å²) in [5, 5.41) is 2.70. The molecular formula is C13H18N2O2. The van der Waals surface area contributed by atoms with E-state index in [1.54, 1.807) is 13.2 Å². The molecule has 0 fully saturated rings. The van der Waals surface area contributed by atoms with Crippen molar-refractivity contribution in [1.29, 1.82) is 0 Å². The van der Waals surface area contributed by atoms with Gasteiger partial charge in [0.1, 0.15) is 5.75 Å². The highest BCUT2D eigenvalue weighted by atomic mass is 16.5. The van der Waals surface area contributed by atoms with Crippen LogP contribution in [0.25, 0.3) is 6.08 Å². The fourth-order valence-corrected chi connectivity index (χ4v) is 1.24. The molecule has 3 N–H and O–H groups in total. The van der Waals surface area contributed by atoms with Crippen LogP contribution in [0.1, 0.15) is 12.5 Å². The van der Waals surface area contributed by atoms with Crippen LogP contribution < -0.4 is 15.8 Å². The second-order valence-corrected chi connectivity index (χ2v) is 3.83. The molecule has 0 aliphatic carbocycles. The number of rotatable bonds is 5. The molecule has 1 atom stereocenters. The van der Waals surface area contributed by atoms with E-state index in [0.29, 0.717) is 6.54 Å². The van der Waals surface area contributed by atoms with E-state index in [1.807, 2.05) is 31.2 Å². The van der Waals surface area contributed by atoms with Gasteiger partial charge in [-0.15, -0.1) is 0 Å². The Hall–Kier alpha value is -1.81. The molecule has 1 rings (SSSR count). The average Bonchev–Trinajstić information content (AvgIpc) is 2.34. The second kappa shape index (κ2) is 6.70. The molecule has 0 spiro atoms. The third-order valence-corrected chi connectivity index (χ3v) is 2.12. The lowest BCUT2D eigenvalue weighted by Gasteiger charge is -2.04. The predicted octanol–water partition coefficient (Wildman–Crippen LogP) is 1.17. The molecule has 4 heteroatoms. The summed E-state index contributed by atoms with van der Waals surface area (Å²) in [4.78, 5) is 11.4. The molecule has 92 valence electrons. The van der Waals surface area contributed by atoms with Gasteiger partial charge in [0.25, 0.3) is 0 Å². The maximum atomic E-state index is 11.4. The van der Waals surface area contributed by atoms with Crippen LogP contribution in [-0.4, -0.2) is 25.6 Å². The van der Waals surface area contributed by atoms with Crippen LogP contribution in [0, 0.1) is 0 Å². The number of carbonyl (C=O) groups is 1. The quantitative estimate of drug-likeness (QED) is 0.752. The summed E-state index contributed by atoms with van der Waals surface area (Å²) in [7, 11) is 1.61. The molecule has 1 unspecified atom stereocenters. The molecule has 17 heavy (non-hydrogen) atoms. The zero-order valence-electron chi connectivity index (χ0n) is 10.1. The number of benzene rings is 1. The van der Waals surface area contributed by atoms with Crippen LogP contribution in [0.5, 0.6) is 5.75 Å². The number of carbonyl (C=O) groups excluding carboxylic acids is 1. The first-order chi connectivity index (χ1) is 8.11. The third-order valence-electron chi connectivity index (χ3n) is 2.12. The SMILES string of the molecule is COc1cccc(/C=C/C(=O)NCC(C)N)c1. The third kappa shape index (κ3) is 5.17. The Morgan fingerprint density at radius 3 is 3.00 bits per heavy atom. The highest BCUT2D eigenvalue weighted by molar-refractivity contribution is 5.91. The standard InChI is InChI=1S/C13H18N2O2/c1-10(14)9-15-13(16)7-6-11-4-3-5-12(8-11)17-2/h3-8,10H,9,14H2,1-2H3,(H,15,16)/b7-6+. The minimum atomic E-state index is -0.148.